The van der Waals surface area contributed by atoms with E-state index in [0.29, 0.717) is 5.41 Å². The minimum atomic E-state index is -0.195. The van der Waals surface area contributed by atoms with Crippen LogP contribution < -0.4 is 0 Å². The quantitative estimate of drug-likeness (QED) is 0.645. The van der Waals surface area contributed by atoms with Crippen LogP contribution in [0.15, 0.2) is 24.3 Å². The van der Waals surface area contributed by atoms with Gasteiger partial charge < -0.3 is 5.84 Å². The molecule has 0 saturated heterocycles. The maximum Gasteiger partial charge on any atom is 0.183 e. The number of nitrogens with zero attached hydrogens (tertiary/aromatic N) is 1. The topological polar surface area (TPSA) is 26.8 Å². The molecule has 0 aromatic heterocycles. The Hall–Kier alpha value is -1.38. The Labute approximate surface area is 93.5 Å². The van der Waals surface area contributed by atoms with Crippen LogP contribution in [0.1, 0.15) is 31.2 Å². The van der Waals surface area contributed by atoms with E-state index in [2.05, 4.69) is 0 Å². The largest absolute Gasteiger partial charge is 0.454 e. The molecular weight excluding hydrogens is 203 g/mol. The van der Waals surface area contributed by atoms with Crippen LogP contribution in [0.2, 0.25) is 0 Å². The van der Waals surface area contributed by atoms with Crippen LogP contribution in [0.25, 0.3) is 5.84 Å². The van der Waals surface area contributed by atoms with Crippen molar-refractivity contribution in [2.75, 3.05) is 0 Å². The van der Waals surface area contributed by atoms with E-state index in [9.17, 15) is 4.39 Å². The van der Waals surface area contributed by atoms with Crippen molar-refractivity contribution >= 4 is 5.71 Å². The fraction of sp³-hybridized carbons (Fsp3) is 0.462. The van der Waals surface area contributed by atoms with Gasteiger partial charge in [-0.1, -0.05) is 0 Å². The van der Waals surface area contributed by atoms with E-state index < -0.39 is 0 Å². The van der Waals surface area contributed by atoms with E-state index in [0.717, 1.165) is 31.2 Å². The van der Waals surface area contributed by atoms with Crippen LogP contribution in [0.5, 0.6) is 0 Å². The molecule has 0 amide bonds. The Kier molecular flexibility index (Phi) is 1.26. The molecule has 2 aliphatic carbocycles. The molecule has 16 heavy (non-hydrogen) atoms. The molecule has 3 heteroatoms. The third kappa shape index (κ3) is 0.784. The molecule has 0 radical (unpaired) electrons. The molecule has 6 aliphatic rings. The predicted molar refractivity (Wildman–Crippen MR) is 58.6 cm³/mol. The first-order valence-electron chi connectivity index (χ1n) is 5.76. The fourth-order valence-corrected chi connectivity index (χ4v) is 3.97. The Balaban J connectivity index is 1.84. The van der Waals surface area contributed by atoms with Crippen LogP contribution in [0.3, 0.4) is 0 Å². The third-order valence-electron chi connectivity index (χ3n) is 4.62. The number of benzene rings is 1. The van der Waals surface area contributed by atoms with E-state index in [1.54, 1.807) is 4.68 Å². The zero-order valence-corrected chi connectivity index (χ0v) is 8.96. The minimum Gasteiger partial charge on any atom is -0.454 e. The second kappa shape index (κ2) is 2.31. The molecule has 0 atom stereocenters. The van der Waals surface area contributed by atoms with Crippen molar-refractivity contribution in [3.63, 3.8) is 0 Å². The van der Waals surface area contributed by atoms with Crippen molar-refractivity contribution in [3.05, 3.63) is 41.5 Å². The molecule has 2 saturated carbocycles. The van der Waals surface area contributed by atoms with Crippen molar-refractivity contribution in [2.24, 2.45) is 5.41 Å². The molecule has 2 fully saturated rings. The van der Waals surface area contributed by atoms with Gasteiger partial charge >= 0.3 is 0 Å². The Morgan fingerprint density at radius 1 is 1.12 bits per heavy atom. The second-order valence-corrected chi connectivity index (χ2v) is 5.65. The summed E-state index contributed by atoms with van der Waals surface area (Å²) in [6, 6.07) is 6.70. The van der Waals surface area contributed by atoms with Gasteiger partial charge in [0.15, 0.2) is 5.54 Å². The monoisotopic (exact) mass is 216 g/mol. The Morgan fingerprint density at radius 3 is 2.31 bits per heavy atom. The number of rotatable bonds is 1. The highest BCUT2D eigenvalue weighted by atomic mass is 19.1. The van der Waals surface area contributed by atoms with E-state index in [1.165, 1.54) is 17.8 Å². The molecule has 1 spiro atoms. The molecule has 1 aromatic rings. The summed E-state index contributed by atoms with van der Waals surface area (Å²) in [5, 5.41) is 0. The highest BCUT2D eigenvalue weighted by Crippen LogP contribution is 2.68. The molecule has 2 nitrogen and oxygen atoms in total. The van der Waals surface area contributed by atoms with E-state index in [-0.39, 0.29) is 11.4 Å². The lowest BCUT2D eigenvalue weighted by Crippen LogP contribution is -2.68. The average molecular weight is 216 g/mol. The Morgan fingerprint density at radius 2 is 1.75 bits per heavy atom. The number of halogens is 1. The van der Waals surface area contributed by atoms with Gasteiger partial charge in [0.25, 0.3) is 0 Å². The smallest absolute Gasteiger partial charge is 0.183 e. The van der Waals surface area contributed by atoms with E-state index in [1.807, 2.05) is 12.1 Å². The lowest BCUT2D eigenvalue weighted by Gasteiger charge is -2.64. The third-order valence-corrected chi connectivity index (χ3v) is 4.62. The van der Waals surface area contributed by atoms with Crippen LogP contribution in [-0.2, 0) is 5.54 Å². The second-order valence-electron chi connectivity index (χ2n) is 5.65. The van der Waals surface area contributed by atoms with Gasteiger partial charge in [0.1, 0.15) is 11.5 Å². The van der Waals surface area contributed by atoms with Gasteiger partial charge in [-0.05, 0) is 24.3 Å². The van der Waals surface area contributed by atoms with Gasteiger partial charge in [0.2, 0.25) is 0 Å². The van der Waals surface area contributed by atoms with E-state index in [4.69, 9.17) is 5.84 Å². The molecule has 4 aliphatic heterocycles. The first-order chi connectivity index (χ1) is 7.64. The lowest BCUT2D eigenvalue weighted by molar-refractivity contribution is -0.618. The Bertz CT molecular complexity index is 499. The summed E-state index contributed by atoms with van der Waals surface area (Å²) in [6.07, 6.45) is 4.41. The molecule has 82 valence electrons. The molecular formula is C13H13FN2. The number of nitrogens with one attached hydrogen (secondary N) is 1. The van der Waals surface area contributed by atoms with Gasteiger partial charge in [-0.25, -0.2) is 4.39 Å². The molecule has 4 heterocycles. The summed E-state index contributed by atoms with van der Waals surface area (Å²) in [7, 11) is 0. The molecule has 7 rings (SSSR count). The molecule has 3 bridgehead atoms. The number of hydrogen-bond acceptors (Lipinski definition) is 0. The molecule has 0 unspecified atom stereocenters. The standard InChI is InChI=1S/C13H13FN2/c14-10-3-1-9(2-4-10)13-7-12(8-13)5-11(6-12)16(13)15/h1-4,15H,5-8H2. The van der Waals surface area contributed by atoms with Crippen LogP contribution >= 0.6 is 0 Å². The van der Waals surface area contributed by atoms with E-state index >= 15 is 0 Å². The van der Waals surface area contributed by atoms with Crippen molar-refractivity contribution < 1.29 is 9.07 Å². The van der Waals surface area contributed by atoms with Crippen LogP contribution in [0.4, 0.5) is 4.39 Å². The normalized spacial score (nSPS) is 39.1. The summed E-state index contributed by atoms with van der Waals surface area (Å²) >= 11 is 0. The first kappa shape index (κ1) is 8.74. The van der Waals surface area contributed by atoms with Crippen molar-refractivity contribution in [2.45, 2.75) is 31.2 Å². The SMILES string of the molecule is [NH-][N+]1=C2CC3(C2)CC1(c1ccc(F)cc1)C3. The predicted octanol–water partition coefficient (Wildman–Crippen LogP) is 3.03. The zero-order valence-electron chi connectivity index (χ0n) is 8.96. The number of hydrogen-bond donors (Lipinski definition) is 0. The summed E-state index contributed by atoms with van der Waals surface area (Å²) in [4.78, 5) is 0. The van der Waals surface area contributed by atoms with Crippen molar-refractivity contribution in [3.8, 4) is 0 Å². The van der Waals surface area contributed by atoms with Crippen molar-refractivity contribution in [1.29, 1.82) is 0 Å². The average Bonchev–Trinajstić information content (AvgIpc) is 2.15. The highest BCUT2D eigenvalue weighted by Gasteiger charge is 2.71. The van der Waals surface area contributed by atoms with Crippen LogP contribution in [0, 0.1) is 11.2 Å². The van der Waals surface area contributed by atoms with Crippen molar-refractivity contribution in [1.82, 2.24) is 0 Å². The maximum atomic E-state index is 12.9. The molecule has 1 aromatic carbocycles. The van der Waals surface area contributed by atoms with Gasteiger partial charge in [-0.3, -0.25) is 4.68 Å². The summed E-state index contributed by atoms with van der Waals surface area (Å²) < 4.78 is 14.6. The molecule has 1 N–H and O–H groups in total. The summed E-state index contributed by atoms with van der Waals surface area (Å²) in [5.41, 5.74) is 2.76. The van der Waals surface area contributed by atoms with Gasteiger partial charge in [-0.15, -0.1) is 0 Å². The lowest BCUT2D eigenvalue weighted by atomic mass is 9.43. The van der Waals surface area contributed by atoms with Gasteiger partial charge in [0.05, 0.1) is 0 Å². The first-order valence-corrected chi connectivity index (χ1v) is 5.76. The van der Waals surface area contributed by atoms with Gasteiger partial charge in [-0.2, -0.15) is 0 Å². The van der Waals surface area contributed by atoms with Gasteiger partial charge in [0, 0.05) is 36.7 Å². The minimum absolute atomic E-state index is 0.125. The fourth-order valence-electron chi connectivity index (χ4n) is 3.97. The highest BCUT2D eigenvalue weighted by molar-refractivity contribution is 5.89. The summed E-state index contributed by atoms with van der Waals surface area (Å²) in [5.74, 6) is 8.00. The summed E-state index contributed by atoms with van der Waals surface area (Å²) in [6.45, 7) is 0. The van der Waals surface area contributed by atoms with Crippen LogP contribution in [-0.4, -0.2) is 10.4 Å². The zero-order chi connectivity index (χ0) is 11.0. The maximum absolute atomic E-state index is 12.9.